The summed E-state index contributed by atoms with van der Waals surface area (Å²) in [5, 5.41) is 8.82. The van der Waals surface area contributed by atoms with Crippen molar-refractivity contribution in [3.05, 3.63) is 94.8 Å². The maximum atomic E-state index is 13.8. The van der Waals surface area contributed by atoms with Gasteiger partial charge in [-0.15, -0.1) is 0 Å². The molecule has 0 N–H and O–H groups in total. The second kappa shape index (κ2) is 8.84. The van der Waals surface area contributed by atoms with Gasteiger partial charge in [0.05, 0.1) is 5.56 Å². The third-order valence-electron chi connectivity index (χ3n) is 4.43. The highest BCUT2D eigenvalue weighted by atomic mass is 19.1. The van der Waals surface area contributed by atoms with Gasteiger partial charge in [-0.1, -0.05) is 55.5 Å². The second-order valence-electron chi connectivity index (χ2n) is 6.43. The van der Waals surface area contributed by atoms with Gasteiger partial charge in [0.15, 0.2) is 0 Å². The van der Waals surface area contributed by atoms with Gasteiger partial charge < -0.3 is 0 Å². The maximum absolute atomic E-state index is 13.8. The number of hydrogen-bond acceptors (Lipinski definition) is 1. The minimum absolute atomic E-state index is 0.0574. The quantitative estimate of drug-likeness (QED) is 0.519. The van der Waals surface area contributed by atoms with E-state index in [1.54, 1.807) is 6.07 Å². The van der Waals surface area contributed by atoms with Gasteiger partial charge in [0.1, 0.15) is 11.9 Å². The number of hydrogen-bond donors (Lipinski definition) is 0. The largest absolute Gasteiger partial charge is 0.206 e. The van der Waals surface area contributed by atoms with Crippen molar-refractivity contribution in [2.45, 2.75) is 26.2 Å². The van der Waals surface area contributed by atoms with Crippen molar-refractivity contribution in [2.75, 3.05) is 0 Å². The Morgan fingerprint density at radius 3 is 1.96 bits per heavy atom. The zero-order valence-electron chi connectivity index (χ0n) is 15.3. The molecule has 0 saturated heterocycles. The lowest BCUT2D eigenvalue weighted by Crippen LogP contribution is -1.86. The lowest BCUT2D eigenvalue weighted by atomic mass is 10.0. The average Bonchev–Trinajstić information content (AvgIpc) is 2.72. The summed E-state index contributed by atoms with van der Waals surface area (Å²) in [6.07, 6.45) is 3.52. The summed E-state index contributed by atoms with van der Waals surface area (Å²) in [4.78, 5) is 0. The van der Waals surface area contributed by atoms with E-state index in [9.17, 15) is 4.39 Å². The fraction of sp³-hybridized carbons (Fsp3) is 0.160. The zero-order chi connectivity index (χ0) is 19.1. The Labute approximate surface area is 160 Å². The predicted molar refractivity (Wildman–Crippen MR) is 108 cm³/mol. The van der Waals surface area contributed by atoms with E-state index in [0.29, 0.717) is 0 Å². The number of benzene rings is 3. The zero-order valence-corrected chi connectivity index (χ0v) is 15.3. The first-order valence-corrected chi connectivity index (χ1v) is 9.10. The van der Waals surface area contributed by atoms with Crippen LogP contribution in [0.15, 0.2) is 66.7 Å². The molecular formula is C25H20FN. The molecule has 0 unspecified atom stereocenters. The van der Waals surface area contributed by atoms with Crippen molar-refractivity contribution in [3.8, 4) is 29.0 Å². The van der Waals surface area contributed by atoms with Gasteiger partial charge in [-0.2, -0.15) is 5.26 Å². The molecule has 2 heteroatoms. The maximum Gasteiger partial charge on any atom is 0.141 e. The number of rotatable bonds is 4. The molecule has 3 rings (SSSR count). The van der Waals surface area contributed by atoms with E-state index in [1.165, 1.54) is 30.5 Å². The molecular weight excluding hydrogens is 333 g/mol. The van der Waals surface area contributed by atoms with Crippen LogP contribution in [0.2, 0.25) is 0 Å². The molecule has 3 aromatic rings. The Morgan fingerprint density at radius 2 is 1.41 bits per heavy atom. The summed E-state index contributed by atoms with van der Waals surface area (Å²) in [7, 11) is 0. The van der Waals surface area contributed by atoms with Crippen LogP contribution in [-0.2, 0) is 6.42 Å². The minimum atomic E-state index is -0.499. The van der Waals surface area contributed by atoms with Crippen LogP contribution >= 0.6 is 0 Å². The normalized spacial score (nSPS) is 9.96. The van der Waals surface area contributed by atoms with E-state index in [4.69, 9.17) is 5.26 Å². The van der Waals surface area contributed by atoms with E-state index in [1.807, 2.05) is 30.3 Å². The number of unbranched alkanes of at least 4 members (excludes halogenated alkanes) is 1. The molecule has 0 spiro atoms. The van der Waals surface area contributed by atoms with Crippen LogP contribution in [0.25, 0.3) is 11.1 Å². The van der Waals surface area contributed by atoms with Gasteiger partial charge in [0.2, 0.25) is 0 Å². The van der Waals surface area contributed by atoms with Crippen LogP contribution in [0.1, 0.15) is 42.0 Å². The highest BCUT2D eigenvalue weighted by Crippen LogP contribution is 2.22. The standard InChI is InChI=1S/C25H20FN/c1-2-3-4-19-5-7-20(8-6-19)9-10-21-11-13-22(14-12-21)23-15-16-24(18-27)25(26)17-23/h5-8,11-17H,2-4H2,1H3. The highest BCUT2D eigenvalue weighted by molar-refractivity contribution is 5.65. The number of halogens is 1. The molecule has 1 nitrogen and oxygen atoms in total. The van der Waals surface area contributed by atoms with Gasteiger partial charge >= 0.3 is 0 Å². The summed E-state index contributed by atoms with van der Waals surface area (Å²) in [6, 6.07) is 22.6. The average molecular weight is 353 g/mol. The van der Waals surface area contributed by atoms with Gasteiger partial charge in [0, 0.05) is 11.1 Å². The van der Waals surface area contributed by atoms with E-state index in [2.05, 4.69) is 43.0 Å². The molecule has 0 saturated carbocycles. The van der Waals surface area contributed by atoms with E-state index in [-0.39, 0.29) is 5.56 Å². The summed E-state index contributed by atoms with van der Waals surface area (Å²) >= 11 is 0. The van der Waals surface area contributed by atoms with Crippen LogP contribution in [0.4, 0.5) is 4.39 Å². The van der Waals surface area contributed by atoms with Crippen molar-refractivity contribution in [1.29, 1.82) is 5.26 Å². The molecule has 3 aromatic carbocycles. The fourth-order valence-corrected chi connectivity index (χ4v) is 2.81. The smallest absolute Gasteiger partial charge is 0.141 e. The molecule has 0 aliphatic carbocycles. The topological polar surface area (TPSA) is 23.8 Å². The van der Waals surface area contributed by atoms with Gasteiger partial charge in [0.25, 0.3) is 0 Å². The third kappa shape index (κ3) is 4.84. The summed E-state index contributed by atoms with van der Waals surface area (Å²) in [5.41, 5.74) is 4.94. The first kappa shape index (κ1) is 18.4. The van der Waals surface area contributed by atoms with Gasteiger partial charge in [-0.25, -0.2) is 4.39 Å². The van der Waals surface area contributed by atoms with E-state index >= 15 is 0 Å². The fourth-order valence-electron chi connectivity index (χ4n) is 2.81. The molecule has 0 aromatic heterocycles. The first-order valence-electron chi connectivity index (χ1n) is 9.10. The van der Waals surface area contributed by atoms with Crippen LogP contribution in [-0.4, -0.2) is 0 Å². The van der Waals surface area contributed by atoms with Gasteiger partial charge in [-0.3, -0.25) is 0 Å². The minimum Gasteiger partial charge on any atom is -0.206 e. The van der Waals surface area contributed by atoms with Crippen molar-refractivity contribution in [1.82, 2.24) is 0 Å². The van der Waals surface area contributed by atoms with E-state index < -0.39 is 5.82 Å². The summed E-state index contributed by atoms with van der Waals surface area (Å²) in [5.74, 6) is 5.85. The van der Waals surface area contributed by atoms with Crippen LogP contribution in [0.5, 0.6) is 0 Å². The molecule has 0 amide bonds. The van der Waals surface area contributed by atoms with Crippen LogP contribution < -0.4 is 0 Å². The molecule has 27 heavy (non-hydrogen) atoms. The van der Waals surface area contributed by atoms with Crippen molar-refractivity contribution in [3.63, 3.8) is 0 Å². The molecule has 0 radical (unpaired) electrons. The lowest BCUT2D eigenvalue weighted by molar-refractivity contribution is 0.624. The van der Waals surface area contributed by atoms with Crippen LogP contribution in [0, 0.1) is 29.0 Å². The Morgan fingerprint density at radius 1 is 0.815 bits per heavy atom. The van der Waals surface area contributed by atoms with Crippen molar-refractivity contribution >= 4 is 0 Å². The SMILES string of the molecule is CCCCc1ccc(C#Cc2ccc(-c3ccc(C#N)c(F)c3)cc2)cc1. The number of nitriles is 1. The lowest BCUT2D eigenvalue weighted by Gasteiger charge is -2.03. The monoisotopic (exact) mass is 353 g/mol. The van der Waals surface area contributed by atoms with E-state index in [0.717, 1.165) is 28.7 Å². The molecule has 0 bridgehead atoms. The Hall–Kier alpha value is -3.36. The highest BCUT2D eigenvalue weighted by Gasteiger charge is 2.04. The Bertz CT molecular complexity index is 1010. The van der Waals surface area contributed by atoms with Crippen molar-refractivity contribution < 1.29 is 4.39 Å². The predicted octanol–water partition coefficient (Wildman–Crippen LogP) is 6.11. The molecule has 0 fully saturated rings. The molecule has 0 aliphatic heterocycles. The van der Waals surface area contributed by atoms with Gasteiger partial charge in [-0.05, 0) is 65.9 Å². The summed E-state index contributed by atoms with van der Waals surface area (Å²) in [6.45, 7) is 2.20. The van der Waals surface area contributed by atoms with Crippen molar-refractivity contribution in [2.24, 2.45) is 0 Å². The summed E-state index contributed by atoms with van der Waals surface area (Å²) < 4.78 is 13.8. The Balaban J connectivity index is 1.72. The molecule has 132 valence electrons. The third-order valence-corrected chi connectivity index (χ3v) is 4.43. The first-order chi connectivity index (χ1) is 13.2. The Kier molecular flexibility index (Phi) is 6.03. The molecule has 0 heterocycles. The molecule has 0 atom stereocenters. The second-order valence-corrected chi connectivity index (χ2v) is 6.43. The number of aryl methyl sites for hydroxylation is 1. The molecule has 0 aliphatic rings. The van der Waals surface area contributed by atoms with Crippen LogP contribution in [0.3, 0.4) is 0 Å². The number of nitrogens with zero attached hydrogens (tertiary/aromatic N) is 1.